The van der Waals surface area contributed by atoms with Crippen molar-refractivity contribution in [3.63, 3.8) is 0 Å². The molecule has 23 heavy (non-hydrogen) atoms. The van der Waals surface area contributed by atoms with Crippen molar-refractivity contribution >= 4 is 18.0 Å². The van der Waals surface area contributed by atoms with Gasteiger partial charge in [-0.1, -0.05) is 0 Å². The molecule has 126 valence electrons. The summed E-state index contributed by atoms with van der Waals surface area (Å²) in [6.07, 6.45) is -0.892. The third-order valence-electron chi connectivity index (χ3n) is 2.55. The number of hydrogen-bond donors (Lipinski definition) is 1. The van der Waals surface area contributed by atoms with Gasteiger partial charge in [0.25, 0.3) is 5.91 Å². The maximum atomic E-state index is 11.9. The zero-order valence-corrected chi connectivity index (χ0v) is 13.2. The number of carbonyl (C=O) groups is 3. The topological polar surface area (TPSA) is 100 Å². The molecular weight excluding hydrogens is 306 g/mol. The summed E-state index contributed by atoms with van der Waals surface area (Å²) >= 11 is 0. The Morgan fingerprint density at radius 2 is 1.78 bits per heavy atom. The van der Waals surface area contributed by atoms with Crippen molar-refractivity contribution in [2.24, 2.45) is 0 Å². The van der Waals surface area contributed by atoms with Crippen molar-refractivity contribution < 1.29 is 33.3 Å². The molecule has 0 saturated carbocycles. The Hall–Kier alpha value is -2.77. The van der Waals surface area contributed by atoms with E-state index in [-0.39, 0.29) is 12.2 Å². The number of imide groups is 1. The molecule has 0 aliphatic heterocycles. The standard InChI is InChI=1S/C15H19NO7/c1-4-21-11-7-6-10(8-12(11)20-3)14(18)23-9-13(17)16-15(19)22-5-2/h6-8H,4-5,9H2,1-3H3,(H,16,17,19). The number of nitrogens with one attached hydrogen (secondary N) is 1. The molecule has 0 atom stereocenters. The zero-order chi connectivity index (χ0) is 17.2. The molecule has 0 heterocycles. The predicted molar refractivity (Wildman–Crippen MR) is 79.6 cm³/mol. The Morgan fingerprint density at radius 1 is 1.04 bits per heavy atom. The molecule has 0 aliphatic carbocycles. The van der Waals surface area contributed by atoms with Gasteiger partial charge in [0.15, 0.2) is 18.1 Å². The molecule has 1 aromatic carbocycles. The van der Waals surface area contributed by atoms with Crippen LogP contribution in [0.5, 0.6) is 11.5 Å². The molecular formula is C15H19NO7. The van der Waals surface area contributed by atoms with Gasteiger partial charge in [-0.3, -0.25) is 10.1 Å². The number of carbonyl (C=O) groups excluding carboxylic acids is 3. The summed E-state index contributed by atoms with van der Waals surface area (Å²) in [4.78, 5) is 34.3. The first-order valence-electron chi connectivity index (χ1n) is 6.96. The molecule has 0 aliphatic rings. The summed E-state index contributed by atoms with van der Waals surface area (Å²) in [5, 5.41) is 1.91. The Bertz CT molecular complexity index is 571. The number of methoxy groups -OCH3 is 1. The lowest BCUT2D eigenvalue weighted by Gasteiger charge is -2.10. The fraction of sp³-hybridized carbons (Fsp3) is 0.400. The van der Waals surface area contributed by atoms with E-state index >= 15 is 0 Å². The van der Waals surface area contributed by atoms with Gasteiger partial charge in [0.2, 0.25) is 0 Å². The van der Waals surface area contributed by atoms with Gasteiger partial charge in [-0.25, -0.2) is 9.59 Å². The monoisotopic (exact) mass is 325 g/mol. The quantitative estimate of drug-likeness (QED) is 0.759. The number of ether oxygens (including phenoxy) is 4. The molecule has 1 rings (SSSR count). The second kappa shape index (κ2) is 9.29. The van der Waals surface area contributed by atoms with Gasteiger partial charge < -0.3 is 18.9 Å². The highest BCUT2D eigenvalue weighted by Gasteiger charge is 2.15. The molecule has 0 saturated heterocycles. The minimum atomic E-state index is -0.892. The van der Waals surface area contributed by atoms with Crippen LogP contribution in [-0.2, 0) is 14.3 Å². The maximum Gasteiger partial charge on any atom is 0.413 e. The molecule has 8 heteroatoms. The van der Waals surface area contributed by atoms with Crippen LogP contribution in [0.2, 0.25) is 0 Å². The normalized spacial score (nSPS) is 9.70. The van der Waals surface area contributed by atoms with Crippen LogP contribution >= 0.6 is 0 Å². The Labute approximate surface area is 133 Å². The van der Waals surface area contributed by atoms with Crippen molar-refractivity contribution in [1.82, 2.24) is 5.32 Å². The van der Waals surface area contributed by atoms with Gasteiger partial charge in [-0.2, -0.15) is 0 Å². The minimum Gasteiger partial charge on any atom is -0.493 e. The Balaban J connectivity index is 2.61. The number of amides is 2. The molecule has 0 radical (unpaired) electrons. The van der Waals surface area contributed by atoms with Crippen LogP contribution in [0.15, 0.2) is 18.2 Å². The second-order valence-electron chi connectivity index (χ2n) is 4.14. The molecule has 0 unspecified atom stereocenters. The first kappa shape index (κ1) is 18.3. The van der Waals surface area contributed by atoms with Gasteiger partial charge in [-0.15, -0.1) is 0 Å². The molecule has 0 spiro atoms. The number of hydrogen-bond acceptors (Lipinski definition) is 7. The molecule has 0 fully saturated rings. The average Bonchev–Trinajstić information content (AvgIpc) is 2.53. The van der Waals surface area contributed by atoms with Crippen LogP contribution in [0, 0.1) is 0 Å². The molecule has 1 aromatic rings. The van der Waals surface area contributed by atoms with E-state index in [1.807, 2.05) is 12.2 Å². The van der Waals surface area contributed by atoms with Crippen molar-refractivity contribution in [1.29, 1.82) is 0 Å². The average molecular weight is 325 g/mol. The molecule has 0 bridgehead atoms. The third kappa shape index (κ3) is 5.85. The van der Waals surface area contributed by atoms with Crippen LogP contribution in [-0.4, -0.2) is 44.9 Å². The lowest BCUT2D eigenvalue weighted by atomic mass is 10.2. The maximum absolute atomic E-state index is 11.9. The number of rotatable bonds is 7. The van der Waals surface area contributed by atoms with Gasteiger partial charge in [-0.05, 0) is 32.0 Å². The number of esters is 1. The summed E-state index contributed by atoms with van der Waals surface area (Å²) in [6.45, 7) is 3.40. The van der Waals surface area contributed by atoms with Crippen molar-refractivity contribution in [2.45, 2.75) is 13.8 Å². The van der Waals surface area contributed by atoms with Crippen LogP contribution in [0.1, 0.15) is 24.2 Å². The van der Waals surface area contributed by atoms with Crippen LogP contribution in [0.4, 0.5) is 4.79 Å². The minimum absolute atomic E-state index is 0.130. The van der Waals surface area contributed by atoms with E-state index in [1.165, 1.54) is 19.2 Å². The van der Waals surface area contributed by atoms with Crippen molar-refractivity contribution in [3.05, 3.63) is 23.8 Å². The zero-order valence-electron chi connectivity index (χ0n) is 13.2. The van der Waals surface area contributed by atoms with E-state index in [4.69, 9.17) is 14.2 Å². The van der Waals surface area contributed by atoms with E-state index in [2.05, 4.69) is 4.74 Å². The van der Waals surface area contributed by atoms with E-state index in [0.29, 0.717) is 18.1 Å². The molecule has 1 N–H and O–H groups in total. The summed E-state index contributed by atoms with van der Waals surface area (Å²) in [7, 11) is 1.44. The first-order valence-corrected chi connectivity index (χ1v) is 6.96. The highest BCUT2D eigenvalue weighted by atomic mass is 16.6. The number of alkyl carbamates (subject to hydrolysis) is 1. The summed E-state index contributed by atoms with van der Waals surface area (Å²) in [5.41, 5.74) is 0.189. The van der Waals surface area contributed by atoms with E-state index in [1.54, 1.807) is 13.0 Å². The van der Waals surface area contributed by atoms with E-state index in [0.717, 1.165) is 0 Å². The lowest BCUT2D eigenvalue weighted by Crippen LogP contribution is -2.34. The lowest BCUT2D eigenvalue weighted by molar-refractivity contribution is -0.123. The fourth-order valence-corrected chi connectivity index (χ4v) is 1.60. The second-order valence-corrected chi connectivity index (χ2v) is 4.14. The van der Waals surface area contributed by atoms with Crippen LogP contribution < -0.4 is 14.8 Å². The van der Waals surface area contributed by atoms with E-state index < -0.39 is 24.6 Å². The highest BCUT2D eigenvalue weighted by Crippen LogP contribution is 2.28. The smallest absolute Gasteiger partial charge is 0.413 e. The molecule has 0 aromatic heterocycles. The molecule has 2 amide bonds. The summed E-state index contributed by atoms with van der Waals surface area (Å²) < 4.78 is 19.8. The largest absolute Gasteiger partial charge is 0.493 e. The fourth-order valence-electron chi connectivity index (χ4n) is 1.60. The number of benzene rings is 1. The molecule has 8 nitrogen and oxygen atoms in total. The Morgan fingerprint density at radius 3 is 2.39 bits per heavy atom. The van der Waals surface area contributed by atoms with Gasteiger partial charge >= 0.3 is 12.1 Å². The summed E-state index contributed by atoms with van der Waals surface area (Å²) in [6, 6.07) is 4.49. The van der Waals surface area contributed by atoms with Gasteiger partial charge in [0.1, 0.15) is 0 Å². The highest BCUT2D eigenvalue weighted by molar-refractivity contribution is 5.95. The van der Waals surface area contributed by atoms with Crippen LogP contribution in [0.3, 0.4) is 0 Å². The summed E-state index contributed by atoms with van der Waals surface area (Å²) in [5.74, 6) is -0.649. The van der Waals surface area contributed by atoms with Gasteiger partial charge in [0, 0.05) is 0 Å². The van der Waals surface area contributed by atoms with Crippen LogP contribution in [0.25, 0.3) is 0 Å². The SMILES string of the molecule is CCOC(=O)NC(=O)COC(=O)c1ccc(OCC)c(OC)c1. The van der Waals surface area contributed by atoms with Crippen molar-refractivity contribution in [3.8, 4) is 11.5 Å². The predicted octanol–water partition coefficient (Wildman–Crippen LogP) is 1.52. The first-order chi connectivity index (χ1) is 11.0. The Kier molecular flexibility index (Phi) is 7.38. The van der Waals surface area contributed by atoms with Crippen molar-refractivity contribution in [2.75, 3.05) is 26.9 Å². The van der Waals surface area contributed by atoms with Gasteiger partial charge in [0.05, 0.1) is 25.9 Å². The van der Waals surface area contributed by atoms with E-state index in [9.17, 15) is 14.4 Å². The third-order valence-corrected chi connectivity index (χ3v) is 2.55.